The Bertz CT molecular complexity index is 203. The Hall–Kier alpha value is -0.0800. The van der Waals surface area contributed by atoms with Crippen LogP contribution in [-0.4, -0.2) is 25.2 Å². The van der Waals surface area contributed by atoms with Crippen LogP contribution in [0.25, 0.3) is 0 Å². The van der Waals surface area contributed by atoms with E-state index in [1.165, 1.54) is 58.0 Å². The van der Waals surface area contributed by atoms with E-state index in [1.54, 1.807) is 0 Å². The van der Waals surface area contributed by atoms with Crippen LogP contribution in [-0.2, 0) is 0 Å². The molecule has 1 aliphatic carbocycles. The van der Waals surface area contributed by atoms with E-state index < -0.39 is 0 Å². The molecule has 2 fully saturated rings. The van der Waals surface area contributed by atoms with Gasteiger partial charge in [0.1, 0.15) is 0 Å². The molecule has 0 spiro atoms. The molecule has 0 radical (unpaired) electrons. The molecule has 0 amide bonds. The lowest BCUT2D eigenvalue weighted by molar-refractivity contribution is 0.377. The highest BCUT2D eigenvalue weighted by Crippen LogP contribution is 2.44. The van der Waals surface area contributed by atoms with Gasteiger partial charge in [-0.1, -0.05) is 19.8 Å². The van der Waals surface area contributed by atoms with Crippen molar-refractivity contribution in [3.8, 4) is 0 Å². The summed E-state index contributed by atoms with van der Waals surface area (Å²) in [6, 6.07) is 1.44. The second kappa shape index (κ2) is 5.50. The van der Waals surface area contributed by atoms with Gasteiger partial charge in [-0.3, -0.25) is 0 Å². The van der Waals surface area contributed by atoms with Crippen LogP contribution >= 0.6 is 0 Å². The molecule has 1 saturated carbocycles. The van der Waals surface area contributed by atoms with Crippen molar-refractivity contribution in [3.05, 3.63) is 0 Å². The average Bonchev–Trinajstić information content (AvgIpc) is 3.02. The number of nitrogens with one attached hydrogen (secondary N) is 2. The zero-order chi connectivity index (χ0) is 11.4. The minimum absolute atomic E-state index is 0.644. The molecule has 94 valence electrons. The van der Waals surface area contributed by atoms with Crippen LogP contribution in [0.15, 0.2) is 0 Å². The predicted octanol–water partition coefficient (Wildman–Crippen LogP) is 2.69. The lowest BCUT2D eigenvalue weighted by atomic mass is 10.0. The minimum Gasteiger partial charge on any atom is -0.314 e. The fourth-order valence-corrected chi connectivity index (χ4v) is 2.62. The predicted molar refractivity (Wildman–Crippen MR) is 69.7 cm³/mol. The molecule has 0 aromatic heterocycles. The standard InChI is InChI=1S/C14H28N2/c1-12(16-11-14(2)7-8-14)10-13-6-4-3-5-9-15-13/h12-13,15-16H,3-11H2,1-2H3. The van der Waals surface area contributed by atoms with Gasteiger partial charge < -0.3 is 10.6 Å². The smallest absolute Gasteiger partial charge is 0.00817 e. The molecule has 0 aromatic rings. The van der Waals surface area contributed by atoms with E-state index in [4.69, 9.17) is 0 Å². The van der Waals surface area contributed by atoms with Gasteiger partial charge in [-0.05, 0) is 51.0 Å². The van der Waals surface area contributed by atoms with Gasteiger partial charge in [-0.2, -0.15) is 0 Å². The summed E-state index contributed by atoms with van der Waals surface area (Å²) >= 11 is 0. The van der Waals surface area contributed by atoms with Crippen LogP contribution in [0.4, 0.5) is 0 Å². The van der Waals surface area contributed by atoms with Crippen LogP contribution in [0.2, 0.25) is 0 Å². The Morgan fingerprint density at radius 2 is 2.12 bits per heavy atom. The van der Waals surface area contributed by atoms with Gasteiger partial charge >= 0.3 is 0 Å². The third-order valence-corrected chi connectivity index (χ3v) is 4.28. The maximum Gasteiger partial charge on any atom is 0.00817 e. The van der Waals surface area contributed by atoms with Gasteiger partial charge in [0.15, 0.2) is 0 Å². The summed E-state index contributed by atoms with van der Waals surface area (Å²) in [6.07, 6.45) is 9.74. The van der Waals surface area contributed by atoms with Gasteiger partial charge in [-0.15, -0.1) is 0 Å². The first-order valence-electron chi connectivity index (χ1n) is 7.15. The van der Waals surface area contributed by atoms with Crippen molar-refractivity contribution in [2.24, 2.45) is 5.41 Å². The Labute approximate surface area is 101 Å². The SMILES string of the molecule is CC(CC1CCCCCN1)NCC1(C)CC1. The molecule has 2 unspecified atom stereocenters. The molecule has 2 aliphatic rings. The van der Waals surface area contributed by atoms with Crippen molar-refractivity contribution < 1.29 is 0 Å². The largest absolute Gasteiger partial charge is 0.314 e. The minimum atomic E-state index is 0.644. The summed E-state index contributed by atoms with van der Waals surface area (Å²) in [7, 11) is 0. The molecule has 1 saturated heterocycles. The molecule has 2 nitrogen and oxygen atoms in total. The fourth-order valence-electron chi connectivity index (χ4n) is 2.62. The number of hydrogen-bond acceptors (Lipinski definition) is 2. The summed E-state index contributed by atoms with van der Waals surface area (Å²) in [5.41, 5.74) is 0.644. The molecule has 2 heteroatoms. The van der Waals surface area contributed by atoms with E-state index in [1.807, 2.05) is 0 Å². The van der Waals surface area contributed by atoms with E-state index in [-0.39, 0.29) is 0 Å². The van der Waals surface area contributed by atoms with Crippen LogP contribution < -0.4 is 10.6 Å². The average molecular weight is 224 g/mol. The highest BCUT2D eigenvalue weighted by Gasteiger charge is 2.36. The zero-order valence-electron chi connectivity index (χ0n) is 11.0. The van der Waals surface area contributed by atoms with Crippen molar-refractivity contribution in [2.75, 3.05) is 13.1 Å². The molecule has 2 N–H and O–H groups in total. The molecular weight excluding hydrogens is 196 g/mol. The third kappa shape index (κ3) is 4.06. The normalized spacial score (nSPS) is 30.8. The van der Waals surface area contributed by atoms with Crippen molar-refractivity contribution in [2.45, 2.75) is 70.9 Å². The first-order valence-corrected chi connectivity index (χ1v) is 7.15. The highest BCUT2D eigenvalue weighted by molar-refractivity contribution is 4.91. The fraction of sp³-hybridized carbons (Fsp3) is 1.00. The van der Waals surface area contributed by atoms with Crippen LogP contribution in [0.1, 0.15) is 58.8 Å². The van der Waals surface area contributed by atoms with E-state index >= 15 is 0 Å². The number of rotatable bonds is 5. The van der Waals surface area contributed by atoms with Gasteiger partial charge in [0.25, 0.3) is 0 Å². The van der Waals surface area contributed by atoms with E-state index in [0.717, 1.165) is 6.04 Å². The maximum atomic E-state index is 3.71. The zero-order valence-corrected chi connectivity index (χ0v) is 11.0. The first-order chi connectivity index (χ1) is 7.68. The van der Waals surface area contributed by atoms with E-state index in [0.29, 0.717) is 11.5 Å². The molecule has 2 rings (SSSR count). The van der Waals surface area contributed by atoms with Crippen LogP contribution in [0.5, 0.6) is 0 Å². The molecule has 2 atom stereocenters. The second-order valence-corrected chi connectivity index (χ2v) is 6.33. The summed E-state index contributed by atoms with van der Waals surface area (Å²) in [5.74, 6) is 0. The second-order valence-electron chi connectivity index (χ2n) is 6.33. The lowest BCUT2D eigenvalue weighted by Crippen LogP contribution is -2.38. The van der Waals surface area contributed by atoms with Crippen molar-refractivity contribution in [3.63, 3.8) is 0 Å². The van der Waals surface area contributed by atoms with Crippen LogP contribution in [0.3, 0.4) is 0 Å². The molecular formula is C14H28N2. The van der Waals surface area contributed by atoms with Gasteiger partial charge in [-0.25, -0.2) is 0 Å². The summed E-state index contributed by atoms with van der Waals surface area (Å²) in [6.45, 7) is 7.20. The Balaban J connectivity index is 1.62. The molecule has 16 heavy (non-hydrogen) atoms. The van der Waals surface area contributed by atoms with E-state index in [2.05, 4.69) is 24.5 Å². The molecule has 1 aliphatic heterocycles. The Morgan fingerprint density at radius 1 is 1.31 bits per heavy atom. The lowest BCUT2D eigenvalue weighted by Gasteiger charge is -2.22. The summed E-state index contributed by atoms with van der Waals surface area (Å²) < 4.78 is 0. The van der Waals surface area contributed by atoms with Crippen molar-refractivity contribution in [1.82, 2.24) is 10.6 Å². The summed E-state index contributed by atoms with van der Waals surface area (Å²) in [5, 5.41) is 7.40. The van der Waals surface area contributed by atoms with Crippen molar-refractivity contribution in [1.29, 1.82) is 0 Å². The monoisotopic (exact) mass is 224 g/mol. The van der Waals surface area contributed by atoms with E-state index in [9.17, 15) is 0 Å². The maximum absolute atomic E-state index is 3.71. The Morgan fingerprint density at radius 3 is 2.88 bits per heavy atom. The summed E-state index contributed by atoms with van der Waals surface area (Å²) in [4.78, 5) is 0. The van der Waals surface area contributed by atoms with Gasteiger partial charge in [0, 0.05) is 18.6 Å². The topological polar surface area (TPSA) is 24.1 Å². The van der Waals surface area contributed by atoms with Gasteiger partial charge in [0.05, 0.1) is 0 Å². The number of hydrogen-bond donors (Lipinski definition) is 2. The first kappa shape index (κ1) is 12.4. The van der Waals surface area contributed by atoms with Gasteiger partial charge in [0.2, 0.25) is 0 Å². The molecule has 0 bridgehead atoms. The van der Waals surface area contributed by atoms with Crippen molar-refractivity contribution >= 4 is 0 Å². The third-order valence-electron chi connectivity index (χ3n) is 4.28. The molecule has 0 aromatic carbocycles. The highest BCUT2D eigenvalue weighted by atomic mass is 15.0. The quantitative estimate of drug-likeness (QED) is 0.750. The molecule has 1 heterocycles. The Kier molecular flexibility index (Phi) is 4.26. The van der Waals surface area contributed by atoms with Crippen LogP contribution in [0, 0.1) is 5.41 Å².